The van der Waals surface area contributed by atoms with Gasteiger partial charge in [0.05, 0.1) is 0 Å². The van der Waals surface area contributed by atoms with E-state index in [9.17, 15) is 0 Å². The van der Waals surface area contributed by atoms with Crippen molar-refractivity contribution in [2.45, 2.75) is 52.4 Å². The first-order valence-electron chi connectivity index (χ1n) is 9.63. The summed E-state index contributed by atoms with van der Waals surface area (Å²) in [6.45, 7) is 5.16. The molecule has 0 bridgehead atoms. The maximum absolute atomic E-state index is 5.72. The minimum Gasteiger partial charge on any atom is -0.354 e. The summed E-state index contributed by atoms with van der Waals surface area (Å²) in [4.78, 5) is 3.68. The first-order valence-corrected chi connectivity index (χ1v) is 9.63. The van der Waals surface area contributed by atoms with Crippen LogP contribution in [0.2, 0.25) is 0 Å². The Balaban J connectivity index is 2.04. The second-order valence-electron chi connectivity index (χ2n) is 7.07. The fourth-order valence-electron chi connectivity index (χ4n) is 3.50. The van der Waals surface area contributed by atoms with Crippen LogP contribution in [-0.4, -0.2) is 11.5 Å². The molecule has 0 saturated carbocycles. The highest BCUT2D eigenvalue weighted by Crippen LogP contribution is 2.32. The molecule has 1 aromatic heterocycles. The Kier molecular flexibility index (Phi) is 5.93. The van der Waals surface area contributed by atoms with Gasteiger partial charge in [-0.2, -0.15) is 0 Å². The SMILES string of the molecule is CCCCc1ccc2[nH]c(-c3ccc(C)cc3)c(CCCCN)c2c1. The van der Waals surface area contributed by atoms with Gasteiger partial charge in [0.1, 0.15) is 0 Å². The number of benzene rings is 2. The minimum absolute atomic E-state index is 0.768. The highest BCUT2D eigenvalue weighted by atomic mass is 14.7. The summed E-state index contributed by atoms with van der Waals surface area (Å²) in [5.41, 5.74) is 13.7. The predicted molar refractivity (Wildman–Crippen MR) is 109 cm³/mol. The predicted octanol–water partition coefficient (Wildman–Crippen LogP) is 5.77. The molecule has 0 atom stereocenters. The maximum atomic E-state index is 5.72. The van der Waals surface area contributed by atoms with E-state index in [0.717, 1.165) is 25.8 Å². The Morgan fingerprint density at radius 2 is 1.72 bits per heavy atom. The van der Waals surface area contributed by atoms with Crippen LogP contribution in [0.5, 0.6) is 0 Å². The Morgan fingerprint density at radius 1 is 0.920 bits per heavy atom. The molecule has 0 saturated heterocycles. The van der Waals surface area contributed by atoms with Crippen LogP contribution >= 0.6 is 0 Å². The van der Waals surface area contributed by atoms with Crippen molar-refractivity contribution in [2.24, 2.45) is 5.73 Å². The molecule has 0 aliphatic rings. The monoisotopic (exact) mass is 334 g/mol. The van der Waals surface area contributed by atoms with Gasteiger partial charge in [0, 0.05) is 16.6 Å². The summed E-state index contributed by atoms with van der Waals surface area (Å²) in [6.07, 6.45) is 6.96. The fraction of sp³-hybridized carbons (Fsp3) is 0.391. The van der Waals surface area contributed by atoms with Crippen molar-refractivity contribution >= 4 is 10.9 Å². The van der Waals surface area contributed by atoms with E-state index < -0.39 is 0 Å². The highest BCUT2D eigenvalue weighted by Gasteiger charge is 2.13. The molecule has 0 radical (unpaired) electrons. The van der Waals surface area contributed by atoms with E-state index in [1.807, 2.05) is 0 Å². The standard InChI is InChI=1S/C23H30N2/c1-3-4-7-18-11-14-22-21(16-18)20(8-5-6-15-24)23(25-22)19-12-9-17(2)10-13-19/h9-14,16,25H,3-8,15,24H2,1-2H3. The molecule has 0 aliphatic carbocycles. The number of H-pyrrole nitrogens is 1. The van der Waals surface area contributed by atoms with Gasteiger partial charge < -0.3 is 10.7 Å². The molecule has 0 amide bonds. The van der Waals surface area contributed by atoms with E-state index in [0.29, 0.717) is 0 Å². The van der Waals surface area contributed by atoms with E-state index >= 15 is 0 Å². The van der Waals surface area contributed by atoms with Gasteiger partial charge in [-0.1, -0.05) is 49.2 Å². The van der Waals surface area contributed by atoms with Crippen LogP contribution in [0.1, 0.15) is 49.3 Å². The number of nitrogens with two attached hydrogens (primary N) is 1. The van der Waals surface area contributed by atoms with Crippen LogP contribution < -0.4 is 5.73 Å². The van der Waals surface area contributed by atoms with E-state index in [4.69, 9.17) is 5.73 Å². The lowest BCUT2D eigenvalue weighted by molar-refractivity contribution is 0.748. The number of aromatic amines is 1. The van der Waals surface area contributed by atoms with Gasteiger partial charge in [-0.05, 0) is 74.4 Å². The second kappa shape index (κ2) is 8.35. The molecule has 2 aromatic carbocycles. The van der Waals surface area contributed by atoms with E-state index in [-0.39, 0.29) is 0 Å². The van der Waals surface area contributed by atoms with Crippen LogP contribution in [-0.2, 0) is 12.8 Å². The van der Waals surface area contributed by atoms with Crippen LogP contribution in [0, 0.1) is 6.92 Å². The third-order valence-electron chi connectivity index (χ3n) is 5.01. The van der Waals surface area contributed by atoms with Gasteiger partial charge >= 0.3 is 0 Å². The molecule has 0 unspecified atom stereocenters. The van der Waals surface area contributed by atoms with Crippen molar-refractivity contribution in [1.82, 2.24) is 4.98 Å². The van der Waals surface area contributed by atoms with Crippen LogP contribution in [0.3, 0.4) is 0 Å². The lowest BCUT2D eigenvalue weighted by Crippen LogP contribution is -1.99. The summed E-state index contributed by atoms with van der Waals surface area (Å²) in [6, 6.07) is 15.8. The molecular formula is C23H30N2. The van der Waals surface area contributed by atoms with Gasteiger partial charge in [0.15, 0.2) is 0 Å². The largest absolute Gasteiger partial charge is 0.354 e. The Labute approximate surface area is 151 Å². The van der Waals surface area contributed by atoms with Crippen LogP contribution in [0.25, 0.3) is 22.2 Å². The van der Waals surface area contributed by atoms with E-state index in [2.05, 4.69) is 61.3 Å². The molecule has 25 heavy (non-hydrogen) atoms. The zero-order chi connectivity index (χ0) is 17.6. The Morgan fingerprint density at radius 3 is 2.44 bits per heavy atom. The van der Waals surface area contributed by atoms with Gasteiger partial charge in [0.2, 0.25) is 0 Å². The highest BCUT2D eigenvalue weighted by molar-refractivity contribution is 5.91. The molecule has 132 valence electrons. The fourth-order valence-corrected chi connectivity index (χ4v) is 3.50. The first kappa shape index (κ1) is 17.8. The smallest absolute Gasteiger partial charge is 0.0497 e. The van der Waals surface area contributed by atoms with Gasteiger partial charge in [-0.3, -0.25) is 0 Å². The molecule has 2 nitrogen and oxygen atoms in total. The molecule has 3 rings (SSSR count). The van der Waals surface area contributed by atoms with E-state index in [1.54, 1.807) is 0 Å². The number of hydrogen-bond donors (Lipinski definition) is 2. The van der Waals surface area contributed by atoms with Gasteiger partial charge in [0.25, 0.3) is 0 Å². The zero-order valence-electron chi connectivity index (χ0n) is 15.6. The van der Waals surface area contributed by atoms with E-state index in [1.165, 1.54) is 58.1 Å². The lowest BCUT2D eigenvalue weighted by Gasteiger charge is -2.06. The normalized spacial score (nSPS) is 11.3. The van der Waals surface area contributed by atoms with Crippen LogP contribution in [0.4, 0.5) is 0 Å². The average Bonchev–Trinajstić information content (AvgIpc) is 2.99. The summed E-state index contributed by atoms with van der Waals surface area (Å²) in [7, 11) is 0. The first-order chi connectivity index (χ1) is 12.2. The third-order valence-corrected chi connectivity index (χ3v) is 5.01. The van der Waals surface area contributed by atoms with Crippen molar-refractivity contribution in [3.8, 4) is 11.3 Å². The van der Waals surface area contributed by atoms with Crippen molar-refractivity contribution in [2.75, 3.05) is 6.54 Å². The second-order valence-corrected chi connectivity index (χ2v) is 7.07. The van der Waals surface area contributed by atoms with Crippen molar-refractivity contribution in [3.63, 3.8) is 0 Å². The van der Waals surface area contributed by atoms with Gasteiger partial charge in [-0.15, -0.1) is 0 Å². The average molecular weight is 335 g/mol. The Bertz CT molecular complexity index is 812. The topological polar surface area (TPSA) is 41.8 Å². The molecule has 0 aliphatic heterocycles. The lowest BCUT2D eigenvalue weighted by atomic mass is 9.98. The van der Waals surface area contributed by atoms with Crippen LogP contribution in [0.15, 0.2) is 42.5 Å². The number of aromatic nitrogens is 1. The number of rotatable bonds is 8. The third kappa shape index (κ3) is 4.13. The van der Waals surface area contributed by atoms with Crippen molar-refractivity contribution in [3.05, 3.63) is 59.2 Å². The molecule has 1 heterocycles. The quantitative estimate of drug-likeness (QED) is 0.505. The minimum atomic E-state index is 0.768. The molecule has 3 N–H and O–H groups in total. The molecule has 0 fully saturated rings. The van der Waals surface area contributed by atoms with Crippen molar-refractivity contribution < 1.29 is 0 Å². The summed E-state index contributed by atoms with van der Waals surface area (Å²) in [5, 5.41) is 1.39. The molecule has 3 aromatic rings. The van der Waals surface area contributed by atoms with Crippen molar-refractivity contribution in [1.29, 1.82) is 0 Å². The molecule has 0 spiro atoms. The number of unbranched alkanes of at least 4 members (excludes halogenated alkanes) is 2. The number of aryl methyl sites for hydroxylation is 3. The maximum Gasteiger partial charge on any atom is 0.0497 e. The Hall–Kier alpha value is -2.06. The molecular weight excluding hydrogens is 304 g/mol. The number of fused-ring (bicyclic) bond motifs is 1. The summed E-state index contributed by atoms with van der Waals surface area (Å²) in [5.74, 6) is 0. The summed E-state index contributed by atoms with van der Waals surface area (Å²) < 4.78 is 0. The number of hydrogen-bond acceptors (Lipinski definition) is 1. The summed E-state index contributed by atoms with van der Waals surface area (Å²) >= 11 is 0. The molecule has 2 heteroatoms. The van der Waals surface area contributed by atoms with Gasteiger partial charge in [-0.25, -0.2) is 0 Å². The number of nitrogens with one attached hydrogen (secondary N) is 1. The zero-order valence-corrected chi connectivity index (χ0v) is 15.6.